The van der Waals surface area contributed by atoms with Crippen LogP contribution in [-0.2, 0) is 19.2 Å². The third kappa shape index (κ3) is 5.68. The molecular weight excluding hydrogens is 713 g/mol. The Kier molecular flexibility index (Phi) is 8.25. The van der Waals surface area contributed by atoms with Gasteiger partial charge in [0.1, 0.15) is 5.75 Å². The minimum atomic E-state index is -0.816. The number of amides is 4. The summed E-state index contributed by atoms with van der Waals surface area (Å²) in [6.45, 7) is 0. The van der Waals surface area contributed by atoms with Crippen molar-refractivity contribution >= 4 is 68.5 Å². The Labute approximate surface area is 329 Å². The zero-order valence-electron chi connectivity index (χ0n) is 30.8. The van der Waals surface area contributed by atoms with E-state index in [4.69, 9.17) is 0 Å². The summed E-state index contributed by atoms with van der Waals surface area (Å²) in [7, 11) is 0. The van der Waals surface area contributed by atoms with E-state index in [0.717, 1.165) is 39.1 Å². The number of benzene rings is 6. The van der Waals surface area contributed by atoms with Crippen molar-refractivity contribution in [1.82, 2.24) is 0 Å². The molecule has 6 aromatic rings. The number of para-hydroxylation sites is 2. The van der Waals surface area contributed by atoms with Gasteiger partial charge in [-0.2, -0.15) is 0 Å². The second kappa shape index (κ2) is 13.6. The van der Waals surface area contributed by atoms with E-state index in [1.807, 2.05) is 121 Å². The van der Waals surface area contributed by atoms with Crippen LogP contribution in [-0.4, -0.2) is 28.7 Å². The van der Waals surface area contributed by atoms with E-state index in [1.165, 1.54) is 9.80 Å². The predicted octanol–water partition coefficient (Wildman–Crippen LogP) is 9.08. The van der Waals surface area contributed by atoms with Crippen molar-refractivity contribution in [3.8, 4) is 5.75 Å². The first-order chi connectivity index (χ1) is 27.9. The number of aromatic hydroxyl groups is 1. The Morgan fingerprint density at radius 2 is 1.00 bits per heavy atom. The van der Waals surface area contributed by atoms with E-state index in [2.05, 4.69) is 10.6 Å². The predicted molar refractivity (Wildman–Crippen MR) is 220 cm³/mol. The number of nitrogens with zero attached hydrogens (tertiary/aromatic N) is 2. The lowest BCUT2D eigenvalue weighted by Gasteiger charge is -2.44. The van der Waals surface area contributed by atoms with Gasteiger partial charge in [-0.25, -0.2) is 0 Å². The summed E-state index contributed by atoms with van der Waals surface area (Å²) in [6, 6.07) is 45.1. The number of imide groups is 2. The topological polar surface area (TPSA) is 119 Å². The Balaban J connectivity index is 1.02. The quantitative estimate of drug-likeness (QED) is 0.110. The molecule has 9 nitrogen and oxygen atoms in total. The number of fused-ring (bicyclic) bond motifs is 5. The normalized spacial score (nSPS) is 23.9. The lowest BCUT2D eigenvalue weighted by molar-refractivity contribution is -0.126. The molecule has 2 aliphatic carbocycles. The molecule has 0 spiro atoms. The van der Waals surface area contributed by atoms with Gasteiger partial charge in [0.05, 0.1) is 35.0 Å². The highest BCUT2D eigenvalue weighted by Crippen LogP contribution is 2.60. The van der Waals surface area contributed by atoms with Crippen LogP contribution in [0.1, 0.15) is 24.3 Å². The van der Waals surface area contributed by atoms with Crippen LogP contribution in [0, 0.1) is 29.6 Å². The monoisotopic (exact) mass is 750 g/mol. The third-order valence-electron chi connectivity index (χ3n) is 12.3. The highest BCUT2D eigenvalue weighted by Gasteiger charge is 2.62. The lowest BCUT2D eigenvalue weighted by atomic mass is 9.56. The van der Waals surface area contributed by atoms with E-state index in [0.29, 0.717) is 23.4 Å². The standard InChI is InChI=1S/C48H38N4O5/c53-40-26-15-28-9-7-8-14-35(28)42(40)43-36-24-25-37-41(47(56)51(45(37)54)33-20-16-31(17-21-33)49-29-10-3-1-4-11-29)38(36)27-39-44(43)48(57)52(46(39)55)34-22-18-32(19-23-34)50-30-12-5-2-6-13-30/h1-24,26,37-39,41,43-44,49-50,53H,25,27H2/t37-,38+,39+,41-,43+,44+/m0/s1. The molecule has 0 aromatic heterocycles. The summed E-state index contributed by atoms with van der Waals surface area (Å²) in [5.41, 5.74) is 5.79. The van der Waals surface area contributed by atoms with Gasteiger partial charge in [0.25, 0.3) is 0 Å². The summed E-state index contributed by atoms with van der Waals surface area (Å²) in [6.07, 6.45) is 2.56. The Morgan fingerprint density at radius 3 is 1.60 bits per heavy atom. The van der Waals surface area contributed by atoms with Crippen LogP contribution < -0.4 is 20.4 Å². The molecule has 2 saturated heterocycles. The van der Waals surface area contributed by atoms with Crippen LogP contribution >= 0.6 is 0 Å². The van der Waals surface area contributed by atoms with Crippen molar-refractivity contribution < 1.29 is 24.3 Å². The van der Waals surface area contributed by atoms with Crippen molar-refractivity contribution in [3.63, 3.8) is 0 Å². The lowest BCUT2D eigenvalue weighted by Crippen LogP contribution is -2.43. The molecule has 4 aliphatic rings. The molecule has 4 amide bonds. The summed E-state index contributed by atoms with van der Waals surface area (Å²) >= 11 is 0. The Bertz CT molecular complexity index is 2610. The number of hydrogen-bond donors (Lipinski definition) is 3. The summed E-state index contributed by atoms with van der Waals surface area (Å²) in [5, 5.41) is 20.0. The number of hydrogen-bond acceptors (Lipinski definition) is 7. The molecule has 9 heteroatoms. The summed E-state index contributed by atoms with van der Waals surface area (Å²) in [4.78, 5) is 60.9. The maximum atomic E-state index is 14.8. The molecule has 3 fully saturated rings. The number of anilines is 6. The van der Waals surface area contributed by atoms with E-state index < -0.39 is 35.5 Å². The van der Waals surface area contributed by atoms with Crippen LogP contribution in [0.5, 0.6) is 5.75 Å². The first kappa shape index (κ1) is 34.5. The summed E-state index contributed by atoms with van der Waals surface area (Å²) < 4.78 is 0. The Morgan fingerprint density at radius 1 is 0.491 bits per heavy atom. The van der Waals surface area contributed by atoms with Gasteiger partial charge in [0.2, 0.25) is 23.6 Å². The van der Waals surface area contributed by atoms with Crippen molar-refractivity contribution in [2.75, 3.05) is 20.4 Å². The van der Waals surface area contributed by atoms with Gasteiger partial charge < -0.3 is 15.7 Å². The highest BCUT2D eigenvalue weighted by molar-refractivity contribution is 6.24. The number of nitrogens with one attached hydrogen (secondary N) is 2. The fourth-order valence-corrected chi connectivity index (χ4v) is 9.79. The van der Waals surface area contributed by atoms with Crippen LogP contribution in [0.2, 0.25) is 0 Å². The van der Waals surface area contributed by atoms with Crippen LogP contribution in [0.15, 0.2) is 157 Å². The van der Waals surface area contributed by atoms with Gasteiger partial charge in [0.15, 0.2) is 0 Å². The fraction of sp³-hybridized carbons (Fsp3) is 0.167. The average Bonchev–Trinajstić information content (AvgIpc) is 3.65. The molecule has 6 atom stereocenters. The summed E-state index contributed by atoms with van der Waals surface area (Å²) in [5.74, 6) is -5.34. The van der Waals surface area contributed by atoms with Gasteiger partial charge in [-0.15, -0.1) is 0 Å². The van der Waals surface area contributed by atoms with Crippen LogP contribution in [0.4, 0.5) is 34.1 Å². The van der Waals surface area contributed by atoms with Gasteiger partial charge in [0, 0.05) is 34.2 Å². The number of rotatable bonds is 7. The second-order valence-corrected chi connectivity index (χ2v) is 15.3. The molecule has 2 heterocycles. The zero-order chi connectivity index (χ0) is 38.8. The van der Waals surface area contributed by atoms with E-state index in [-0.39, 0.29) is 35.8 Å². The number of carbonyl (C=O) groups is 4. The van der Waals surface area contributed by atoms with Crippen LogP contribution in [0.25, 0.3) is 10.8 Å². The molecule has 3 N–H and O–H groups in total. The molecule has 0 unspecified atom stereocenters. The Hall–Kier alpha value is -7.00. The van der Waals surface area contributed by atoms with E-state index in [1.54, 1.807) is 30.3 Å². The van der Waals surface area contributed by atoms with Gasteiger partial charge in [-0.1, -0.05) is 78.4 Å². The average molecular weight is 751 g/mol. The first-order valence-electron chi connectivity index (χ1n) is 19.4. The van der Waals surface area contributed by atoms with Gasteiger partial charge >= 0.3 is 0 Å². The maximum absolute atomic E-state index is 14.8. The molecule has 0 bridgehead atoms. The SMILES string of the molecule is O=C1[C@H]2[C@H](CC=C3[C@H]2C[C@H]2C(=O)N(c4ccc(Nc5ccccc5)cc4)C(=O)[C@H]2[C@H]3c2c(O)ccc3ccccc23)C(=O)N1c1ccc(Nc2ccccc2)cc1. The molecule has 0 radical (unpaired) electrons. The second-order valence-electron chi connectivity index (χ2n) is 15.3. The van der Waals surface area contributed by atoms with E-state index >= 15 is 0 Å². The number of allylic oxidation sites excluding steroid dienone is 2. The van der Waals surface area contributed by atoms with Gasteiger partial charge in [-0.05, 0) is 108 Å². The van der Waals surface area contributed by atoms with Crippen molar-refractivity contribution in [2.45, 2.75) is 18.8 Å². The largest absolute Gasteiger partial charge is 0.508 e. The molecule has 1 saturated carbocycles. The molecule has 280 valence electrons. The smallest absolute Gasteiger partial charge is 0.238 e. The number of carbonyl (C=O) groups excluding carboxylic acids is 4. The molecule has 57 heavy (non-hydrogen) atoms. The molecule has 6 aromatic carbocycles. The molecule has 2 aliphatic heterocycles. The minimum absolute atomic E-state index is 0.0239. The van der Waals surface area contributed by atoms with Crippen molar-refractivity contribution in [1.29, 1.82) is 0 Å². The number of phenolic OH excluding ortho intramolecular Hbond substituents is 1. The van der Waals surface area contributed by atoms with Gasteiger partial charge in [-0.3, -0.25) is 29.0 Å². The molecule has 10 rings (SSSR count). The highest BCUT2D eigenvalue weighted by atomic mass is 16.3. The van der Waals surface area contributed by atoms with Crippen LogP contribution in [0.3, 0.4) is 0 Å². The maximum Gasteiger partial charge on any atom is 0.238 e. The van der Waals surface area contributed by atoms with Crippen molar-refractivity contribution in [2.24, 2.45) is 29.6 Å². The minimum Gasteiger partial charge on any atom is -0.508 e. The third-order valence-corrected chi connectivity index (χ3v) is 12.3. The number of phenols is 1. The zero-order valence-corrected chi connectivity index (χ0v) is 30.8. The van der Waals surface area contributed by atoms with E-state index in [9.17, 15) is 24.3 Å². The molecular formula is C48H38N4O5. The first-order valence-corrected chi connectivity index (χ1v) is 19.4. The van der Waals surface area contributed by atoms with Crippen molar-refractivity contribution in [3.05, 3.63) is 163 Å². The fourth-order valence-electron chi connectivity index (χ4n) is 9.79.